The third-order valence-electron chi connectivity index (χ3n) is 4.42. The highest BCUT2D eigenvalue weighted by Crippen LogP contribution is 2.29. The molecule has 0 radical (unpaired) electrons. The summed E-state index contributed by atoms with van der Waals surface area (Å²) >= 11 is 0. The summed E-state index contributed by atoms with van der Waals surface area (Å²) in [5.74, 6) is 0.605. The Morgan fingerprint density at radius 1 is 1.28 bits per heavy atom. The lowest BCUT2D eigenvalue weighted by atomic mass is 10.2. The van der Waals surface area contributed by atoms with Gasteiger partial charge in [0.1, 0.15) is 23.8 Å². The fourth-order valence-electron chi connectivity index (χ4n) is 2.93. The topological polar surface area (TPSA) is 112 Å². The molecule has 154 valence electrons. The minimum atomic E-state index is -0.569. The van der Waals surface area contributed by atoms with Gasteiger partial charge in [-0.1, -0.05) is 6.07 Å². The summed E-state index contributed by atoms with van der Waals surface area (Å²) in [5.41, 5.74) is 0.577. The maximum atomic E-state index is 12.2. The molecule has 1 heterocycles. The molecule has 2 N–H and O–H groups in total. The summed E-state index contributed by atoms with van der Waals surface area (Å²) in [4.78, 5) is 22.9. The van der Waals surface area contributed by atoms with Crippen LogP contribution in [0.3, 0.4) is 0 Å². The zero-order chi connectivity index (χ0) is 20.6. The van der Waals surface area contributed by atoms with E-state index in [4.69, 9.17) is 14.2 Å². The van der Waals surface area contributed by atoms with E-state index in [1.807, 2.05) is 18.2 Å². The number of hydrogen-bond donors (Lipinski definition) is 2. The van der Waals surface area contributed by atoms with Crippen LogP contribution in [0.5, 0.6) is 11.5 Å². The number of hydrogen-bond acceptors (Lipinski definition) is 7. The SMILES string of the molecule is COc1ccc(NC(=O)CNc2cccc(OCC3CCCO3)c2)c([N+](=O)[O-])c1. The van der Waals surface area contributed by atoms with Crippen molar-refractivity contribution in [2.24, 2.45) is 0 Å². The van der Waals surface area contributed by atoms with Crippen molar-refractivity contribution < 1.29 is 23.9 Å². The third-order valence-corrected chi connectivity index (χ3v) is 4.42. The molecule has 29 heavy (non-hydrogen) atoms. The molecule has 0 bridgehead atoms. The number of amides is 1. The van der Waals surface area contributed by atoms with Crippen molar-refractivity contribution in [3.8, 4) is 11.5 Å². The van der Waals surface area contributed by atoms with Crippen LogP contribution in [0.25, 0.3) is 0 Å². The van der Waals surface area contributed by atoms with Gasteiger partial charge in [-0.3, -0.25) is 14.9 Å². The number of nitro groups is 1. The van der Waals surface area contributed by atoms with Crippen molar-refractivity contribution in [3.63, 3.8) is 0 Å². The highest BCUT2D eigenvalue weighted by Gasteiger charge is 2.18. The van der Waals surface area contributed by atoms with Gasteiger partial charge in [-0.2, -0.15) is 0 Å². The number of benzene rings is 2. The summed E-state index contributed by atoms with van der Waals surface area (Å²) in [5, 5.41) is 16.7. The van der Waals surface area contributed by atoms with Crippen LogP contribution in [-0.4, -0.2) is 43.8 Å². The van der Waals surface area contributed by atoms with E-state index in [0.717, 1.165) is 19.4 Å². The molecular weight excluding hydrogens is 378 g/mol. The van der Waals surface area contributed by atoms with Crippen LogP contribution in [0, 0.1) is 10.1 Å². The Morgan fingerprint density at radius 3 is 2.86 bits per heavy atom. The molecule has 1 unspecified atom stereocenters. The van der Waals surface area contributed by atoms with E-state index < -0.39 is 10.8 Å². The largest absolute Gasteiger partial charge is 0.496 e. The number of nitro benzene ring substituents is 1. The summed E-state index contributed by atoms with van der Waals surface area (Å²) in [6.07, 6.45) is 2.17. The van der Waals surface area contributed by atoms with E-state index in [9.17, 15) is 14.9 Å². The van der Waals surface area contributed by atoms with Gasteiger partial charge in [0.05, 0.1) is 30.7 Å². The Labute approximate surface area is 168 Å². The molecule has 0 saturated carbocycles. The minimum Gasteiger partial charge on any atom is -0.496 e. The predicted molar refractivity (Wildman–Crippen MR) is 108 cm³/mol. The average Bonchev–Trinajstić information content (AvgIpc) is 3.25. The molecule has 1 saturated heterocycles. The van der Waals surface area contributed by atoms with Crippen molar-refractivity contribution in [2.75, 3.05) is 37.5 Å². The highest BCUT2D eigenvalue weighted by atomic mass is 16.6. The Hall–Kier alpha value is -3.33. The molecule has 2 aromatic rings. The molecular formula is C20H23N3O6. The normalized spacial score (nSPS) is 15.6. The van der Waals surface area contributed by atoms with E-state index in [2.05, 4.69) is 10.6 Å². The second-order valence-corrected chi connectivity index (χ2v) is 6.52. The van der Waals surface area contributed by atoms with Crippen LogP contribution in [0.1, 0.15) is 12.8 Å². The quantitative estimate of drug-likeness (QED) is 0.490. The first-order chi connectivity index (χ1) is 14.0. The number of ether oxygens (including phenoxy) is 3. The van der Waals surface area contributed by atoms with Gasteiger partial charge in [0.2, 0.25) is 5.91 Å². The van der Waals surface area contributed by atoms with E-state index in [-0.39, 0.29) is 24.0 Å². The lowest BCUT2D eigenvalue weighted by molar-refractivity contribution is -0.384. The van der Waals surface area contributed by atoms with Gasteiger partial charge < -0.3 is 24.8 Å². The lowest BCUT2D eigenvalue weighted by Crippen LogP contribution is -2.22. The van der Waals surface area contributed by atoms with E-state index in [0.29, 0.717) is 23.8 Å². The Balaban J connectivity index is 1.54. The fourth-order valence-corrected chi connectivity index (χ4v) is 2.93. The van der Waals surface area contributed by atoms with Gasteiger partial charge in [-0.05, 0) is 37.1 Å². The molecule has 2 aromatic carbocycles. The average molecular weight is 401 g/mol. The smallest absolute Gasteiger partial charge is 0.296 e. The number of methoxy groups -OCH3 is 1. The molecule has 9 heteroatoms. The van der Waals surface area contributed by atoms with Gasteiger partial charge in [0, 0.05) is 18.4 Å². The van der Waals surface area contributed by atoms with Crippen molar-refractivity contribution in [2.45, 2.75) is 18.9 Å². The molecule has 1 aliphatic rings. The first-order valence-corrected chi connectivity index (χ1v) is 9.26. The van der Waals surface area contributed by atoms with E-state index in [1.54, 1.807) is 12.1 Å². The van der Waals surface area contributed by atoms with Crippen molar-refractivity contribution >= 4 is 23.0 Å². The van der Waals surface area contributed by atoms with Crippen LogP contribution in [0.15, 0.2) is 42.5 Å². The number of nitrogens with zero attached hydrogens (tertiary/aromatic N) is 1. The Morgan fingerprint density at radius 2 is 2.14 bits per heavy atom. The maximum absolute atomic E-state index is 12.2. The van der Waals surface area contributed by atoms with Gasteiger partial charge in [0.15, 0.2) is 0 Å². The van der Waals surface area contributed by atoms with Gasteiger partial charge >= 0.3 is 0 Å². The lowest BCUT2D eigenvalue weighted by Gasteiger charge is -2.13. The van der Waals surface area contributed by atoms with Crippen molar-refractivity contribution in [3.05, 3.63) is 52.6 Å². The Kier molecular flexibility index (Phi) is 6.85. The number of carbonyl (C=O) groups is 1. The van der Waals surface area contributed by atoms with Crippen LogP contribution >= 0.6 is 0 Å². The molecule has 1 amide bonds. The summed E-state index contributed by atoms with van der Waals surface area (Å²) < 4.78 is 16.3. The Bertz CT molecular complexity index is 867. The first kappa shape index (κ1) is 20.4. The standard InChI is InChI=1S/C20H23N3O6/c1-27-15-7-8-18(19(11-15)23(25)26)22-20(24)12-21-14-4-2-5-16(10-14)29-13-17-6-3-9-28-17/h2,4-5,7-8,10-11,17,21H,3,6,9,12-13H2,1H3,(H,22,24). The zero-order valence-electron chi connectivity index (χ0n) is 16.1. The fraction of sp³-hybridized carbons (Fsp3) is 0.350. The zero-order valence-corrected chi connectivity index (χ0v) is 16.1. The number of carbonyl (C=O) groups excluding carboxylic acids is 1. The van der Waals surface area contributed by atoms with Gasteiger partial charge in [0.25, 0.3) is 5.69 Å². The van der Waals surface area contributed by atoms with E-state index >= 15 is 0 Å². The third kappa shape index (κ3) is 5.82. The molecule has 0 aromatic heterocycles. The predicted octanol–water partition coefficient (Wildman–Crippen LogP) is 3.21. The van der Waals surface area contributed by atoms with Crippen LogP contribution in [-0.2, 0) is 9.53 Å². The first-order valence-electron chi connectivity index (χ1n) is 9.26. The van der Waals surface area contributed by atoms with Crippen LogP contribution < -0.4 is 20.1 Å². The molecule has 1 aliphatic heterocycles. The number of rotatable bonds is 9. The van der Waals surface area contributed by atoms with Crippen LogP contribution in [0.4, 0.5) is 17.1 Å². The molecule has 1 fully saturated rings. The number of anilines is 2. The minimum absolute atomic E-state index is 0.0572. The molecule has 9 nitrogen and oxygen atoms in total. The molecule has 0 aliphatic carbocycles. The molecule has 3 rings (SSSR count). The summed E-state index contributed by atoms with van der Waals surface area (Å²) in [6, 6.07) is 11.5. The summed E-state index contributed by atoms with van der Waals surface area (Å²) in [7, 11) is 1.42. The van der Waals surface area contributed by atoms with Gasteiger partial charge in [-0.25, -0.2) is 0 Å². The van der Waals surface area contributed by atoms with E-state index in [1.165, 1.54) is 19.2 Å². The maximum Gasteiger partial charge on any atom is 0.296 e. The highest BCUT2D eigenvalue weighted by molar-refractivity contribution is 5.95. The monoisotopic (exact) mass is 401 g/mol. The van der Waals surface area contributed by atoms with Crippen LogP contribution in [0.2, 0.25) is 0 Å². The van der Waals surface area contributed by atoms with Gasteiger partial charge in [-0.15, -0.1) is 0 Å². The second-order valence-electron chi connectivity index (χ2n) is 6.52. The number of nitrogens with one attached hydrogen (secondary N) is 2. The molecule has 0 spiro atoms. The molecule has 1 atom stereocenters. The van der Waals surface area contributed by atoms with Crippen molar-refractivity contribution in [1.82, 2.24) is 0 Å². The summed E-state index contributed by atoms with van der Waals surface area (Å²) in [6.45, 7) is 1.21. The second kappa shape index (κ2) is 9.74. The van der Waals surface area contributed by atoms with Crippen molar-refractivity contribution in [1.29, 1.82) is 0 Å².